The lowest BCUT2D eigenvalue weighted by Crippen LogP contribution is -2.39. The van der Waals surface area contributed by atoms with E-state index in [0.29, 0.717) is 23.1 Å². The summed E-state index contributed by atoms with van der Waals surface area (Å²) in [4.78, 5) is 11.8. The van der Waals surface area contributed by atoms with Crippen molar-refractivity contribution >= 4 is 23.2 Å². The maximum absolute atomic E-state index is 11.8. The lowest BCUT2D eigenvalue weighted by atomic mass is 10.0. The summed E-state index contributed by atoms with van der Waals surface area (Å²) in [7, 11) is 0. The summed E-state index contributed by atoms with van der Waals surface area (Å²) in [6.45, 7) is 6.44. The Morgan fingerprint density at radius 1 is 1.47 bits per heavy atom. The minimum atomic E-state index is -0.533. The first kappa shape index (κ1) is 15.8. The van der Waals surface area contributed by atoms with Gasteiger partial charge in [-0.15, -0.1) is 0 Å². The molecule has 0 aliphatic heterocycles. The van der Waals surface area contributed by atoms with Crippen LogP contribution in [0.2, 0.25) is 5.02 Å². The summed E-state index contributed by atoms with van der Waals surface area (Å²) in [6, 6.07) is 4.63. The smallest absolute Gasteiger partial charge is 0.241 e. The van der Waals surface area contributed by atoms with Crippen LogP contribution in [0.3, 0.4) is 0 Å². The summed E-state index contributed by atoms with van der Waals surface area (Å²) in [5.74, 6) is 0.491. The topological polar surface area (TPSA) is 64.3 Å². The molecule has 0 saturated heterocycles. The number of halogens is 1. The second-order valence-electron chi connectivity index (χ2n) is 4.75. The largest absolute Gasteiger partial charge is 0.492 e. The number of nitrogens with two attached hydrogens (primary N) is 1. The zero-order chi connectivity index (χ0) is 14.4. The average Bonchev–Trinajstić information content (AvgIpc) is 2.36. The molecule has 0 heterocycles. The number of rotatable bonds is 6. The van der Waals surface area contributed by atoms with Gasteiger partial charge in [0.15, 0.2) is 0 Å². The highest BCUT2D eigenvalue weighted by Crippen LogP contribution is 2.27. The van der Waals surface area contributed by atoms with Gasteiger partial charge in [0, 0.05) is 5.69 Å². The van der Waals surface area contributed by atoms with Gasteiger partial charge in [0.2, 0.25) is 5.91 Å². The Balaban J connectivity index is 2.70. The minimum absolute atomic E-state index is 0.0858. The van der Waals surface area contributed by atoms with E-state index < -0.39 is 6.04 Å². The predicted octanol–water partition coefficient (Wildman–Crippen LogP) is 3.05. The second kappa shape index (κ2) is 7.36. The van der Waals surface area contributed by atoms with Crippen LogP contribution in [0.5, 0.6) is 5.75 Å². The van der Waals surface area contributed by atoms with Crippen molar-refractivity contribution in [2.24, 2.45) is 11.7 Å². The fourth-order valence-corrected chi connectivity index (χ4v) is 1.67. The highest BCUT2D eigenvalue weighted by molar-refractivity contribution is 6.32. The van der Waals surface area contributed by atoms with Crippen molar-refractivity contribution in [3.63, 3.8) is 0 Å². The fourth-order valence-electron chi connectivity index (χ4n) is 1.44. The maximum Gasteiger partial charge on any atom is 0.241 e. The second-order valence-corrected chi connectivity index (χ2v) is 5.16. The highest BCUT2D eigenvalue weighted by Gasteiger charge is 2.17. The Morgan fingerprint density at radius 2 is 2.16 bits per heavy atom. The zero-order valence-electron chi connectivity index (χ0n) is 11.6. The molecule has 0 saturated carbocycles. The first-order valence-electron chi connectivity index (χ1n) is 6.44. The molecule has 1 amide bonds. The molecule has 0 aromatic heterocycles. The van der Waals surface area contributed by atoms with Crippen LogP contribution in [-0.2, 0) is 4.79 Å². The van der Waals surface area contributed by atoms with Gasteiger partial charge in [-0.1, -0.05) is 32.4 Å². The number of carbonyl (C=O) groups is 1. The van der Waals surface area contributed by atoms with Gasteiger partial charge in [0.1, 0.15) is 5.75 Å². The lowest BCUT2D eigenvalue weighted by Gasteiger charge is -2.16. The highest BCUT2D eigenvalue weighted by atomic mass is 35.5. The van der Waals surface area contributed by atoms with Crippen molar-refractivity contribution in [1.82, 2.24) is 0 Å². The summed E-state index contributed by atoms with van der Waals surface area (Å²) < 4.78 is 5.46. The predicted molar refractivity (Wildman–Crippen MR) is 78.7 cm³/mol. The van der Waals surface area contributed by atoms with E-state index >= 15 is 0 Å². The van der Waals surface area contributed by atoms with Crippen LogP contribution in [0.15, 0.2) is 18.2 Å². The third-order valence-corrected chi connectivity index (χ3v) is 2.98. The molecule has 0 aliphatic carbocycles. The number of hydrogen-bond acceptors (Lipinski definition) is 3. The molecule has 3 N–H and O–H groups in total. The molecule has 0 radical (unpaired) electrons. The molecule has 1 rings (SSSR count). The molecule has 1 aromatic rings. The lowest BCUT2D eigenvalue weighted by molar-refractivity contribution is -0.118. The summed E-state index contributed by atoms with van der Waals surface area (Å²) in [6.07, 6.45) is 0.915. The molecule has 1 atom stereocenters. The number of anilines is 1. The molecule has 1 aromatic carbocycles. The Morgan fingerprint density at radius 3 is 2.68 bits per heavy atom. The van der Waals surface area contributed by atoms with Gasteiger partial charge in [-0.2, -0.15) is 0 Å². The molecule has 106 valence electrons. The number of benzene rings is 1. The van der Waals surface area contributed by atoms with Gasteiger partial charge < -0.3 is 15.8 Å². The van der Waals surface area contributed by atoms with E-state index in [9.17, 15) is 4.79 Å². The van der Waals surface area contributed by atoms with Gasteiger partial charge in [0.25, 0.3) is 0 Å². The molecule has 5 heteroatoms. The van der Waals surface area contributed by atoms with Crippen molar-refractivity contribution in [2.75, 3.05) is 11.9 Å². The van der Waals surface area contributed by atoms with Crippen molar-refractivity contribution in [3.05, 3.63) is 23.2 Å². The summed E-state index contributed by atoms with van der Waals surface area (Å²) in [5, 5.41) is 3.22. The quantitative estimate of drug-likeness (QED) is 0.844. The number of carbonyl (C=O) groups excluding carboxylic acids is 1. The molecule has 0 fully saturated rings. The number of amides is 1. The Hall–Kier alpha value is -1.26. The number of nitrogens with one attached hydrogen (secondary N) is 1. The van der Waals surface area contributed by atoms with E-state index in [-0.39, 0.29) is 11.8 Å². The van der Waals surface area contributed by atoms with Gasteiger partial charge in [-0.25, -0.2) is 0 Å². The molecule has 4 nitrogen and oxygen atoms in total. The van der Waals surface area contributed by atoms with E-state index in [1.54, 1.807) is 18.2 Å². The molecule has 0 unspecified atom stereocenters. The van der Waals surface area contributed by atoms with E-state index in [1.165, 1.54) is 0 Å². The van der Waals surface area contributed by atoms with Crippen LogP contribution in [0.1, 0.15) is 27.2 Å². The number of ether oxygens (including phenoxy) is 1. The van der Waals surface area contributed by atoms with Crippen LogP contribution < -0.4 is 15.8 Å². The van der Waals surface area contributed by atoms with Crippen molar-refractivity contribution in [1.29, 1.82) is 0 Å². The van der Waals surface area contributed by atoms with E-state index in [0.717, 1.165) is 6.42 Å². The number of hydrogen-bond donors (Lipinski definition) is 2. The standard InChI is InChI=1S/C14H21ClN2O2/c1-4-7-19-12-6-5-10(8-11(12)15)17-14(18)13(16)9(2)3/h5-6,8-9,13H,4,7,16H2,1-3H3,(H,17,18)/t13-/m0/s1. The summed E-state index contributed by atoms with van der Waals surface area (Å²) >= 11 is 6.08. The van der Waals surface area contributed by atoms with Crippen LogP contribution >= 0.6 is 11.6 Å². The van der Waals surface area contributed by atoms with Crippen LogP contribution in [0.25, 0.3) is 0 Å². The molecule has 19 heavy (non-hydrogen) atoms. The first-order chi connectivity index (χ1) is 8.95. The van der Waals surface area contributed by atoms with Gasteiger partial charge >= 0.3 is 0 Å². The molecule has 0 aliphatic rings. The zero-order valence-corrected chi connectivity index (χ0v) is 12.3. The van der Waals surface area contributed by atoms with Crippen molar-refractivity contribution in [2.45, 2.75) is 33.2 Å². The van der Waals surface area contributed by atoms with Gasteiger partial charge in [-0.05, 0) is 30.5 Å². The third-order valence-electron chi connectivity index (χ3n) is 2.68. The summed E-state index contributed by atoms with van der Waals surface area (Å²) in [5.41, 5.74) is 6.39. The SMILES string of the molecule is CCCOc1ccc(NC(=O)[C@@H](N)C(C)C)cc1Cl. The molecular formula is C14H21ClN2O2. The monoisotopic (exact) mass is 284 g/mol. The Labute approximate surface area is 119 Å². The molecular weight excluding hydrogens is 264 g/mol. The van der Waals surface area contributed by atoms with E-state index in [4.69, 9.17) is 22.1 Å². The van der Waals surface area contributed by atoms with Crippen LogP contribution in [0.4, 0.5) is 5.69 Å². The van der Waals surface area contributed by atoms with Gasteiger partial charge in [-0.3, -0.25) is 4.79 Å². The average molecular weight is 285 g/mol. The van der Waals surface area contributed by atoms with Crippen molar-refractivity contribution in [3.8, 4) is 5.75 Å². The van der Waals surface area contributed by atoms with Crippen LogP contribution in [-0.4, -0.2) is 18.6 Å². The molecule has 0 bridgehead atoms. The normalized spacial score (nSPS) is 12.3. The van der Waals surface area contributed by atoms with Crippen molar-refractivity contribution < 1.29 is 9.53 Å². The van der Waals surface area contributed by atoms with E-state index in [2.05, 4.69) is 5.32 Å². The molecule has 0 spiro atoms. The van der Waals surface area contributed by atoms with Crippen LogP contribution in [0, 0.1) is 5.92 Å². The minimum Gasteiger partial charge on any atom is -0.492 e. The van der Waals surface area contributed by atoms with Gasteiger partial charge in [0.05, 0.1) is 17.7 Å². The Bertz CT molecular complexity index is 435. The van der Waals surface area contributed by atoms with E-state index in [1.807, 2.05) is 20.8 Å². The maximum atomic E-state index is 11.8. The first-order valence-corrected chi connectivity index (χ1v) is 6.82. The Kier molecular flexibility index (Phi) is 6.12. The fraction of sp³-hybridized carbons (Fsp3) is 0.500. The third kappa shape index (κ3) is 4.73.